The maximum absolute atomic E-state index is 11.3. The molecular formula is C19H16ClN5O3S. The quantitative estimate of drug-likeness (QED) is 0.493. The molecule has 0 atom stereocenters. The molecule has 0 unspecified atom stereocenters. The van der Waals surface area contributed by atoms with Crippen LogP contribution in [0.2, 0.25) is 5.02 Å². The van der Waals surface area contributed by atoms with E-state index in [1.807, 2.05) is 0 Å². The van der Waals surface area contributed by atoms with Gasteiger partial charge < -0.3 is 15.4 Å². The van der Waals surface area contributed by atoms with Gasteiger partial charge in [-0.15, -0.1) is 6.42 Å². The minimum absolute atomic E-state index is 0.0112. The molecule has 0 radical (unpaired) electrons. The third kappa shape index (κ3) is 5.58. The second kappa shape index (κ2) is 8.79. The largest absolute Gasteiger partial charge is 0.481 e. The molecular weight excluding hydrogens is 414 g/mol. The van der Waals surface area contributed by atoms with Crippen molar-refractivity contribution in [3.63, 3.8) is 0 Å². The molecule has 10 heteroatoms. The molecule has 8 nitrogen and oxygen atoms in total. The summed E-state index contributed by atoms with van der Waals surface area (Å²) in [5.41, 5.74) is 1.32. The van der Waals surface area contributed by atoms with E-state index in [4.69, 9.17) is 27.9 Å². The van der Waals surface area contributed by atoms with Crippen LogP contribution in [0, 0.1) is 12.3 Å². The molecule has 0 fully saturated rings. The molecule has 0 spiro atoms. The van der Waals surface area contributed by atoms with Crippen LogP contribution in [-0.2, 0) is 10.0 Å². The van der Waals surface area contributed by atoms with E-state index >= 15 is 0 Å². The van der Waals surface area contributed by atoms with Gasteiger partial charge in [0.15, 0.2) is 5.82 Å². The number of anilines is 4. The van der Waals surface area contributed by atoms with Crippen LogP contribution in [0.25, 0.3) is 0 Å². The van der Waals surface area contributed by atoms with E-state index in [2.05, 4.69) is 26.5 Å². The van der Waals surface area contributed by atoms with E-state index in [9.17, 15) is 8.42 Å². The molecule has 0 saturated carbocycles. The lowest BCUT2D eigenvalue weighted by molar-refractivity contribution is 0.370. The van der Waals surface area contributed by atoms with Crippen LogP contribution in [0.15, 0.2) is 59.6 Å². The van der Waals surface area contributed by atoms with Crippen LogP contribution in [-0.4, -0.2) is 25.0 Å². The van der Waals surface area contributed by atoms with Gasteiger partial charge in [0.1, 0.15) is 17.4 Å². The van der Waals surface area contributed by atoms with Crippen LogP contribution in [0.3, 0.4) is 0 Å². The number of nitrogens with one attached hydrogen (secondary N) is 2. The fourth-order valence-corrected chi connectivity index (χ4v) is 2.92. The number of benzene rings is 2. The van der Waals surface area contributed by atoms with Gasteiger partial charge in [-0.05, 0) is 48.5 Å². The molecule has 3 rings (SSSR count). The Morgan fingerprint density at radius 1 is 1.07 bits per heavy atom. The minimum atomic E-state index is -3.75. The molecule has 1 aromatic heterocycles. The zero-order valence-corrected chi connectivity index (χ0v) is 16.5. The zero-order chi connectivity index (χ0) is 20.9. The molecule has 1 heterocycles. The van der Waals surface area contributed by atoms with Crippen molar-refractivity contribution in [3.05, 3.63) is 59.8 Å². The van der Waals surface area contributed by atoms with Crippen molar-refractivity contribution < 1.29 is 13.2 Å². The second-order valence-electron chi connectivity index (χ2n) is 5.73. The number of ether oxygens (including phenoxy) is 1. The number of halogens is 1. The Morgan fingerprint density at radius 3 is 2.31 bits per heavy atom. The monoisotopic (exact) mass is 429 g/mol. The van der Waals surface area contributed by atoms with E-state index in [1.165, 1.54) is 18.3 Å². The first-order chi connectivity index (χ1) is 13.8. The third-order valence-electron chi connectivity index (χ3n) is 3.62. The lowest BCUT2D eigenvalue weighted by Gasteiger charge is -2.11. The number of rotatable bonds is 7. The predicted molar refractivity (Wildman–Crippen MR) is 112 cm³/mol. The Balaban J connectivity index is 1.73. The van der Waals surface area contributed by atoms with Gasteiger partial charge in [-0.2, -0.15) is 4.98 Å². The van der Waals surface area contributed by atoms with Crippen LogP contribution < -0.4 is 20.5 Å². The smallest absolute Gasteiger partial charge is 0.238 e. The van der Waals surface area contributed by atoms with Crippen LogP contribution in [0.4, 0.5) is 23.1 Å². The topological polar surface area (TPSA) is 119 Å². The predicted octanol–water partition coefficient (Wildman–Crippen LogP) is 3.28. The summed E-state index contributed by atoms with van der Waals surface area (Å²) in [7, 11) is -3.75. The van der Waals surface area contributed by atoms with Gasteiger partial charge in [0.05, 0.1) is 11.1 Å². The van der Waals surface area contributed by atoms with Crippen molar-refractivity contribution in [1.29, 1.82) is 0 Å². The number of primary sulfonamides is 1. The lowest BCUT2D eigenvalue weighted by Crippen LogP contribution is -2.11. The van der Waals surface area contributed by atoms with Gasteiger partial charge in [0, 0.05) is 11.4 Å². The first-order valence-electron chi connectivity index (χ1n) is 8.21. The first-order valence-corrected chi connectivity index (χ1v) is 10.1. The molecule has 3 aromatic rings. The summed E-state index contributed by atoms with van der Waals surface area (Å²) in [6.45, 7) is 0.192. The molecule has 4 N–H and O–H groups in total. The summed E-state index contributed by atoms with van der Waals surface area (Å²) in [6.07, 6.45) is 6.61. The minimum Gasteiger partial charge on any atom is -0.481 e. The normalized spacial score (nSPS) is 10.8. The number of nitrogens with zero attached hydrogens (tertiary/aromatic N) is 2. The fourth-order valence-electron chi connectivity index (χ4n) is 2.27. The molecule has 0 amide bonds. The molecule has 0 aliphatic carbocycles. The highest BCUT2D eigenvalue weighted by molar-refractivity contribution is 7.89. The Bertz CT molecular complexity index is 1140. The summed E-state index contributed by atoms with van der Waals surface area (Å²) in [4.78, 5) is 8.47. The summed E-state index contributed by atoms with van der Waals surface area (Å²) < 4.78 is 28.0. The second-order valence-corrected chi connectivity index (χ2v) is 7.70. The number of terminal acetylenes is 1. The van der Waals surface area contributed by atoms with Gasteiger partial charge in [-0.1, -0.05) is 17.5 Å². The fraction of sp³-hybridized carbons (Fsp3) is 0.0526. The van der Waals surface area contributed by atoms with E-state index in [0.29, 0.717) is 22.3 Å². The average molecular weight is 430 g/mol. The molecule has 2 aromatic carbocycles. The Labute approximate surface area is 173 Å². The van der Waals surface area contributed by atoms with E-state index < -0.39 is 10.0 Å². The zero-order valence-electron chi connectivity index (χ0n) is 15.0. The first kappa shape index (κ1) is 20.4. The van der Waals surface area contributed by atoms with E-state index in [0.717, 1.165) is 5.69 Å². The Hall–Kier alpha value is -3.32. The maximum atomic E-state index is 11.3. The standard InChI is InChI=1S/C19H16ClN5O3S/c1-2-11-28-15-7-3-13(4-8-15)23-18-17(20)12-22-19(25-18)24-14-5-9-16(10-6-14)29(21,26)27/h1,3-10,12H,11H2,(H2,21,26,27)(H2,22,23,24,25). The highest BCUT2D eigenvalue weighted by Crippen LogP contribution is 2.26. The van der Waals surface area contributed by atoms with Crippen molar-refractivity contribution in [2.45, 2.75) is 4.90 Å². The average Bonchev–Trinajstić information content (AvgIpc) is 2.70. The summed E-state index contributed by atoms with van der Waals surface area (Å²) in [6, 6.07) is 13.0. The van der Waals surface area contributed by atoms with Gasteiger partial charge >= 0.3 is 0 Å². The maximum Gasteiger partial charge on any atom is 0.238 e. The van der Waals surface area contributed by atoms with Crippen molar-refractivity contribution in [2.75, 3.05) is 17.2 Å². The van der Waals surface area contributed by atoms with Gasteiger partial charge in [0.2, 0.25) is 16.0 Å². The van der Waals surface area contributed by atoms with Crippen molar-refractivity contribution in [3.8, 4) is 18.1 Å². The highest BCUT2D eigenvalue weighted by Gasteiger charge is 2.09. The summed E-state index contributed by atoms with van der Waals surface area (Å²) in [5, 5.41) is 11.5. The summed E-state index contributed by atoms with van der Waals surface area (Å²) >= 11 is 6.18. The van der Waals surface area contributed by atoms with Gasteiger partial charge in [-0.3, -0.25) is 0 Å². The van der Waals surface area contributed by atoms with Gasteiger partial charge in [0.25, 0.3) is 0 Å². The Kier molecular flexibility index (Phi) is 6.19. The number of hydrogen-bond donors (Lipinski definition) is 3. The SMILES string of the molecule is C#CCOc1ccc(Nc2nc(Nc3ccc(S(N)(=O)=O)cc3)ncc2Cl)cc1. The van der Waals surface area contributed by atoms with Gasteiger partial charge in [-0.25, -0.2) is 18.5 Å². The van der Waals surface area contributed by atoms with Crippen LogP contribution in [0.1, 0.15) is 0 Å². The van der Waals surface area contributed by atoms with Crippen molar-refractivity contribution in [1.82, 2.24) is 9.97 Å². The van der Waals surface area contributed by atoms with E-state index in [1.54, 1.807) is 36.4 Å². The number of sulfonamides is 1. The molecule has 148 valence electrons. The highest BCUT2D eigenvalue weighted by atomic mass is 35.5. The third-order valence-corrected chi connectivity index (χ3v) is 4.83. The number of aromatic nitrogens is 2. The van der Waals surface area contributed by atoms with E-state index in [-0.39, 0.29) is 17.5 Å². The lowest BCUT2D eigenvalue weighted by atomic mass is 10.3. The van der Waals surface area contributed by atoms with Crippen LogP contribution in [0.5, 0.6) is 5.75 Å². The van der Waals surface area contributed by atoms with Crippen molar-refractivity contribution >= 4 is 44.8 Å². The molecule has 0 saturated heterocycles. The number of hydrogen-bond acceptors (Lipinski definition) is 7. The van der Waals surface area contributed by atoms with Crippen molar-refractivity contribution in [2.24, 2.45) is 5.14 Å². The molecule has 0 aliphatic rings. The number of nitrogens with two attached hydrogens (primary N) is 1. The molecule has 0 aliphatic heterocycles. The van der Waals surface area contributed by atoms with Crippen LogP contribution >= 0.6 is 11.6 Å². The summed E-state index contributed by atoms with van der Waals surface area (Å²) in [5.74, 6) is 3.71. The Morgan fingerprint density at radius 2 is 1.69 bits per heavy atom. The molecule has 0 bridgehead atoms. The molecule has 29 heavy (non-hydrogen) atoms.